The summed E-state index contributed by atoms with van der Waals surface area (Å²) in [5, 5.41) is 20.9. The first-order valence-electron chi connectivity index (χ1n) is 8.30. The van der Waals surface area contributed by atoms with Crippen LogP contribution in [0.15, 0.2) is 42.7 Å². The van der Waals surface area contributed by atoms with Gasteiger partial charge in [0.1, 0.15) is 12.2 Å². The number of hydrogen-bond acceptors (Lipinski definition) is 5. The SMILES string of the molecule is Cc1c([N+](=O)[O-])c(C(F)(F)F)nn1CC(=O)Nc1cccc(Cn2cccn2)c1. The van der Waals surface area contributed by atoms with E-state index in [2.05, 4.69) is 15.5 Å². The zero-order valence-electron chi connectivity index (χ0n) is 15.1. The number of nitrogens with zero attached hydrogens (tertiary/aromatic N) is 5. The fraction of sp³-hybridized carbons (Fsp3) is 0.235. The third-order valence-corrected chi connectivity index (χ3v) is 4.03. The highest BCUT2D eigenvalue weighted by Gasteiger charge is 2.44. The van der Waals surface area contributed by atoms with E-state index in [0.717, 1.165) is 12.5 Å². The van der Waals surface area contributed by atoms with Crippen molar-refractivity contribution in [2.24, 2.45) is 0 Å². The molecule has 0 aliphatic heterocycles. The molecule has 9 nitrogen and oxygen atoms in total. The van der Waals surface area contributed by atoms with Gasteiger partial charge in [0.15, 0.2) is 0 Å². The molecule has 2 heterocycles. The van der Waals surface area contributed by atoms with Gasteiger partial charge in [-0.3, -0.25) is 24.3 Å². The molecule has 1 aromatic carbocycles. The van der Waals surface area contributed by atoms with Gasteiger partial charge < -0.3 is 5.32 Å². The van der Waals surface area contributed by atoms with Crippen LogP contribution in [0.1, 0.15) is 17.0 Å². The van der Waals surface area contributed by atoms with E-state index in [4.69, 9.17) is 0 Å². The second-order valence-electron chi connectivity index (χ2n) is 6.15. The van der Waals surface area contributed by atoms with Crippen LogP contribution in [0.3, 0.4) is 0 Å². The molecule has 1 N–H and O–H groups in total. The lowest BCUT2D eigenvalue weighted by Crippen LogP contribution is -2.21. The Morgan fingerprint density at radius 1 is 1.31 bits per heavy atom. The van der Waals surface area contributed by atoms with Crippen molar-refractivity contribution >= 4 is 17.3 Å². The van der Waals surface area contributed by atoms with E-state index in [1.165, 1.54) is 0 Å². The highest BCUT2D eigenvalue weighted by molar-refractivity contribution is 5.90. The Labute approximate surface area is 161 Å². The van der Waals surface area contributed by atoms with Crippen molar-refractivity contribution in [3.63, 3.8) is 0 Å². The first kappa shape index (κ1) is 20.0. The molecule has 0 radical (unpaired) electrons. The number of rotatable bonds is 6. The van der Waals surface area contributed by atoms with Crippen LogP contribution < -0.4 is 5.32 Å². The molecule has 29 heavy (non-hydrogen) atoms. The topological polar surface area (TPSA) is 108 Å². The predicted molar refractivity (Wildman–Crippen MR) is 95.0 cm³/mol. The van der Waals surface area contributed by atoms with Crippen LogP contribution in [0.2, 0.25) is 0 Å². The van der Waals surface area contributed by atoms with Crippen molar-refractivity contribution < 1.29 is 22.9 Å². The number of alkyl halides is 3. The summed E-state index contributed by atoms with van der Waals surface area (Å²) in [6.45, 7) is 0.973. The summed E-state index contributed by atoms with van der Waals surface area (Å²) in [5.74, 6) is -0.671. The molecule has 0 unspecified atom stereocenters. The molecule has 152 valence electrons. The molecule has 0 saturated heterocycles. The molecule has 0 aliphatic carbocycles. The van der Waals surface area contributed by atoms with E-state index in [-0.39, 0.29) is 5.69 Å². The molecule has 3 rings (SSSR count). The Morgan fingerprint density at radius 2 is 2.07 bits per heavy atom. The number of carbonyl (C=O) groups is 1. The predicted octanol–water partition coefficient (Wildman–Crippen LogP) is 3.00. The van der Waals surface area contributed by atoms with Crippen molar-refractivity contribution in [3.05, 3.63) is 69.8 Å². The zero-order valence-corrected chi connectivity index (χ0v) is 15.1. The van der Waals surface area contributed by atoms with E-state index in [9.17, 15) is 28.1 Å². The lowest BCUT2D eigenvalue weighted by molar-refractivity contribution is -0.388. The quantitative estimate of drug-likeness (QED) is 0.498. The summed E-state index contributed by atoms with van der Waals surface area (Å²) in [6, 6.07) is 8.61. The molecular formula is C17H15F3N6O3. The smallest absolute Gasteiger partial charge is 0.324 e. The molecule has 0 spiro atoms. The number of halogens is 3. The van der Waals surface area contributed by atoms with Crippen LogP contribution in [-0.2, 0) is 24.1 Å². The molecule has 0 fully saturated rings. The summed E-state index contributed by atoms with van der Waals surface area (Å²) in [6.07, 6.45) is -1.60. The Hall–Kier alpha value is -3.70. The fourth-order valence-electron chi connectivity index (χ4n) is 2.77. The summed E-state index contributed by atoms with van der Waals surface area (Å²) < 4.78 is 41.4. The molecule has 1 amide bonds. The highest BCUT2D eigenvalue weighted by atomic mass is 19.4. The maximum Gasteiger partial charge on any atom is 0.442 e. The summed E-state index contributed by atoms with van der Waals surface area (Å²) in [5.41, 5.74) is -1.88. The number of benzene rings is 1. The Balaban J connectivity index is 1.75. The van der Waals surface area contributed by atoms with Crippen molar-refractivity contribution in [2.45, 2.75) is 26.2 Å². The summed E-state index contributed by atoms with van der Waals surface area (Å²) >= 11 is 0. The van der Waals surface area contributed by atoms with Crippen LogP contribution in [0.25, 0.3) is 0 Å². The second kappa shape index (κ2) is 7.73. The molecule has 0 atom stereocenters. The minimum atomic E-state index is -5.00. The molecule has 0 saturated carbocycles. The van der Waals surface area contributed by atoms with Crippen molar-refractivity contribution in [1.29, 1.82) is 0 Å². The van der Waals surface area contributed by atoms with Gasteiger partial charge in [-0.1, -0.05) is 12.1 Å². The molecule has 3 aromatic rings. The van der Waals surface area contributed by atoms with Gasteiger partial charge in [-0.15, -0.1) is 0 Å². The summed E-state index contributed by atoms with van der Waals surface area (Å²) in [7, 11) is 0. The van der Waals surface area contributed by atoms with Crippen LogP contribution in [-0.4, -0.2) is 30.4 Å². The largest absolute Gasteiger partial charge is 0.442 e. The van der Waals surface area contributed by atoms with Crippen LogP contribution >= 0.6 is 0 Å². The average molecular weight is 408 g/mol. The van der Waals surface area contributed by atoms with Gasteiger partial charge in [0, 0.05) is 18.1 Å². The minimum absolute atomic E-state index is 0.357. The minimum Gasteiger partial charge on any atom is -0.324 e. The van der Waals surface area contributed by atoms with E-state index in [0.29, 0.717) is 16.9 Å². The lowest BCUT2D eigenvalue weighted by atomic mass is 10.2. The molecule has 12 heteroatoms. The maximum atomic E-state index is 13.0. The zero-order chi connectivity index (χ0) is 21.2. The highest BCUT2D eigenvalue weighted by Crippen LogP contribution is 2.36. The van der Waals surface area contributed by atoms with Gasteiger partial charge in [0.25, 0.3) is 0 Å². The van der Waals surface area contributed by atoms with E-state index in [1.54, 1.807) is 41.3 Å². The number of nitrogens with one attached hydrogen (secondary N) is 1. The maximum absolute atomic E-state index is 13.0. The Bertz CT molecular complexity index is 1040. The van der Waals surface area contributed by atoms with E-state index < -0.39 is 34.9 Å². The van der Waals surface area contributed by atoms with Crippen LogP contribution in [0.5, 0.6) is 0 Å². The van der Waals surface area contributed by atoms with Gasteiger partial charge >= 0.3 is 11.9 Å². The van der Waals surface area contributed by atoms with Crippen molar-refractivity contribution in [1.82, 2.24) is 19.6 Å². The first-order chi connectivity index (χ1) is 13.6. The summed E-state index contributed by atoms with van der Waals surface area (Å²) in [4.78, 5) is 22.1. The average Bonchev–Trinajstić information content (AvgIpc) is 3.23. The third-order valence-electron chi connectivity index (χ3n) is 4.03. The standard InChI is InChI=1S/C17H15F3N6O3/c1-11-15(26(28)29)16(17(18,19)20)23-25(11)10-14(27)22-13-5-2-4-12(8-13)9-24-7-3-6-21-24/h2-8H,9-10H2,1H3,(H,22,27). The van der Waals surface area contributed by atoms with Crippen molar-refractivity contribution in [3.8, 4) is 0 Å². The normalized spacial score (nSPS) is 11.4. The number of nitro groups is 1. The third kappa shape index (κ3) is 4.59. The molecule has 0 bridgehead atoms. The van der Waals surface area contributed by atoms with Gasteiger partial charge in [-0.05, 0) is 30.7 Å². The molecular weight excluding hydrogens is 393 g/mol. The van der Waals surface area contributed by atoms with Crippen molar-refractivity contribution in [2.75, 3.05) is 5.32 Å². The number of amides is 1. The van der Waals surface area contributed by atoms with Gasteiger partial charge in [-0.2, -0.15) is 23.4 Å². The fourth-order valence-corrected chi connectivity index (χ4v) is 2.77. The second-order valence-corrected chi connectivity index (χ2v) is 6.15. The molecule has 2 aromatic heterocycles. The monoisotopic (exact) mass is 408 g/mol. The van der Waals surface area contributed by atoms with Crippen LogP contribution in [0.4, 0.5) is 24.5 Å². The Morgan fingerprint density at radius 3 is 2.66 bits per heavy atom. The lowest BCUT2D eigenvalue weighted by Gasteiger charge is -2.08. The van der Waals surface area contributed by atoms with Gasteiger partial charge in [0.05, 0.1) is 11.5 Å². The first-order valence-corrected chi connectivity index (χ1v) is 8.30. The number of aromatic nitrogens is 4. The van der Waals surface area contributed by atoms with Gasteiger partial charge in [0.2, 0.25) is 11.6 Å². The number of anilines is 1. The molecule has 0 aliphatic rings. The number of carbonyl (C=O) groups excluding carboxylic acids is 1. The Kier molecular flexibility index (Phi) is 5.35. The number of hydrogen-bond donors (Lipinski definition) is 1. The van der Waals surface area contributed by atoms with Crippen LogP contribution in [0, 0.1) is 17.0 Å². The van der Waals surface area contributed by atoms with E-state index >= 15 is 0 Å². The van der Waals surface area contributed by atoms with Gasteiger partial charge in [-0.25, -0.2) is 0 Å². The van der Waals surface area contributed by atoms with E-state index in [1.807, 2.05) is 6.07 Å².